The van der Waals surface area contributed by atoms with Gasteiger partial charge in [0.1, 0.15) is 0 Å². The van der Waals surface area contributed by atoms with Gasteiger partial charge in [0.25, 0.3) is 0 Å². The Labute approximate surface area is 88.0 Å². The topological polar surface area (TPSA) is 43.1 Å². The molecule has 0 unspecified atom stereocenters. The van der Waals surface area contributed by atoms with Crippen LogP contribution in [0.2, 0.25) is 0 Å². The smallest absolute Gasteiger partial charge is 0.249 e. The molecule has 0 spiro atoms. The van der Waals surface area contributed by atoms with E-state index in [1.165, 1.54) is 0 Å². The summed E-state index contributed by atoms with van der Waals surface area (Å²) in [7, 11) is 0. The third-order valence-corrected chi connectivity index (χ3v) is 2.44. The zero-order valence-electron chi connectivity index (χ0n) is 8.23. The summed E-state index contributed by atoms with van der Waals surface area (Å²) in [4.78, 5) is 11.2. The SMILES string of the molecule is C=Cc1cccc2c(C(N)=O)cccc12. The maximum atomic E-state index is 11.2. The number of fused-ring (bicyclic) bond motifs is 1. The summed E-state index contributed by atoms with van der Waals surface area (Å²) in [5, 5.41) is 1.88. The summed E-state index contributed by atoms with van der Waals surface area (Å²) in [5.41, 5.74) is 6.87. The first kappa shape index (κ1) is 9.46. The molecule has 2 aromatic carbocycles. The molecule has 74 valence electrons. The van der Waals surface area contributed by atoms with Crippen LogP contribution in [0.15, 0.2) is 43.0 Å². The molecule has 2 N–H and O–H groups in total. The Kier molecular flexibility index (Phi) is 2.26. The number of hydrogen-bond acceptors (Lipinski definition) is 1. The molecule has 0 aliphatic rings. The lowest BCUT2D eigenvalue weighted by Gasteiger charge is -2.05. The zero-order valence-corrected chi connectivity index (χ0v) is 8.23. The van der Waals surface area contributed by atoms with Crippen LogP contribution in [-0.2, 0) is 0 Å². The highest BCUT2D eigenvalue weighted by molar-refractivity contribution is 6.08. The predicted molar refractivity (Wildman–Crippen MR) is 62.6 cm³/mol. The summed E-state index contributed by atoms with van der Waals surface area (Å²) in [5.74, 6) is -0.401. The van der Waals surface area contributed by atoms with Crippen LogP contribution in [0.5, 0.6) is 0 Å². The van der Waals surface area contributed by atoms with Gasteiger partial charge in [0.05, 0.1) is 0 Å². The average molecular weight is 197 g/mol. The molecule has 2 rings (SSSR count). The summed E-state index contributed by atoms with van der Waals surface area (Å²) in [6.07, 6.45) is 1.77. The molecule has 0 aliphatic heterocycles. The lowest BCUT2D eigenvalue weighted by atomic mass is 10.00. The van der Waals surface area contributed by atoms with Crippen LogP contribution >= 0.6 is 0 Å². The molecule has 0 heterocycles. The quantitative estimate of drug-likeness (QED) is 0.790. The lowest BCUT2D eigenvalue weighted by Crippen LogP contribution is -2.11. The molecular weight excluding hydrogens is 186 g/mol. The fourth-order valence-electron chi connectivity index (χ4n) is 1.73. The van der Waals surface area contributed by atoms with E-state index in [9.17, 15) is 4.79 Å². The summed E-state index contributed by atoms with van der Waals surface area (Å²) < 4.78 is 0. The molecule has 0 fully saturated rings. The van der Waals surface area contributed by atoms with Crippen LogP contribution in [0.4, 0.5) is 0 Å². The van der Waals surface area contributed by atoms with E-state index in [1.54, 1.807) is 12.1 Å². The van der Waals surface area contributed by atoms with Crippen molar-refractivity contribution >= 4 is 22.8 Å². The Morgan fingerprint density at radius 2 is 1.80 bits per heavy atom. The monoisotopic (exact) mass is 197 g/mol. The first-order chi connectivity index (χ1) is 7.24. The molecule has 0 aromatic heterocycles. The van der Waals surface area contributed by atoms with Crippen molar-refractivity contribution in [1.29, 1.82) is 0 Å². The van der Waals surface area contributed by atoms with Gasteiger partial charge in [0.2, 0.25) is 5.91 Å². The van der Waals surface area contributed by atoms with Crippen molar-refractivity contribution in [2.24, 2.45) is 5.73 Å². The van der Waals surface area contributed by atoms with Crippen LogP contribution in [0.3, 0.4) is 0 Å². The number of primary amides is 1. The van der Waals surface area contributed by atoms with Gasteiger partial charge in [-0.3, -0.25) is 4.79 Å². The second-order valence-corrected chi connectivity index (χ2v) is 3.32. The molecule has 0 aliphatic carbocycles. The predicted octanol–water partition coefficient (Wildman–Crippen LogP) is 2.58. The fraction of sp³-hybridized carbons (Fsp3) is 0. The Morgan fingerprint density at radius 3 is 2.47 bits per heavy atom. The molecule has 0 atom stereocenters. The second-order valence-electron chi connectivity index (χ2n) is 3.32. The van der Waals surface area contributed by atoms with Gasteiger partial charge in [-0.25, -0.2) is 0 Å². The molecule has 2 heteroatoms. The average Bonchev–Trinajstić information content (AvgIpc) is 2.27. The first-order valence-corrected chi connectivity index (χ1v) is 4.68. The van der Waals surface area contributed by atoms with Gasteiger partial charge < -0.3 is 5.73 Å². The molecule has 15 heavy (non-hydrogen) atoms. The highest BCUT2D eigenvalue weighted by Crippen LogP contribution is 2.22. The van der Waals surface area contributed by atoms with E-state index in [1.807, 2.05) is 30.3 Å². The maximum Gasteiger partial charge on any atom is 0.249 e. The maximum absolute atomic E-state index is 11.2. The van der Waals surface area contributed by atoms with E-state index >= 15 is 0 Å². The van der Waals surface area contributed by atoms with Crippen molar-refractivity contribution in [3.05, 3.63) is 54.1 Å². The molecule has 0 radical (unpaired) electrons. The Hall–Kier alpha value is -2.09. The van der Waals surface area contributed by atoms with E-state index < -0.39 is 5.91 Å². The Bertz CT molecular complexity index is 543. The fourth-order valence-corrected chi connectivity index (χ4v) is 1.73. The van der Waals surface area contributed by atoms with E-state index in [2.05, 4.69) is 6.58 Å². The summed E-state index contributed by atoms with van der Waals surface area (Å²) >= 11 is 0. The van der Waals surface area contributed by atoms with Crippen LogP contribution in [0.1, 0.15) is 15.9 Å². The zero-order chi connectivity index (χ0) is 10.8. The van der Waals surface area contributed by atoms with E-state index in [4.69, 9.17) is 5.73 Å². The minimum Gasteiger partial charge on any atom is -0.366 e. The number of amides is 1. The molecule has 1 amide bonds. The van der Waals surface area contributed by atoms with Crippen molar-refractivity contribution < 1.29 is 4.79 Å². The summed E-state index contributed by atoms with van der Waals surface area (Å²) in [6.45, 7) is 3.74. The normalized spacial score (nSPS) is 10.1. The minimum absolute atomic E-state index is 0.401. The second kappa shape index (κ2) is 3.58. The van der Waals surface area contributed by atoms with E-state index in [0.29, 0.717) is 5.56 Å². The van der Waals surface area contributed by atoms with Crippen molar-refractivity contribution in [3.63, 3.8) is 0 Å². The number of benzene rings is 2. The number of carbonyl (C=O) groups is 1. The molecular formula is C13H11NO. The van der Waals surface area contributed by atoms with Crippen molar-refractivity contribution in [3.8, 4) is 0 Å². The standard InChI is InChI=1S/C13H11NO/c1-2-9-5-3-7-11-10(9)6-4-8-12(11)13(14)15/h2-8H,1H2,(H2,14,15). The van der Waals surface area contributed by atoms with Crippen LogP contribution in [-0.4, -0.2) is 5.91 Å². The molecule has 2 aromatic rings. The number of nitrogens with two attached hydrogens (primary N) is 1. The third kappa shape index (κ3) is 1.50. The Balaban J connectivity index is 2.88. The van der Waals surface area contributed by atoms with Crippen molar-refractivity contribution in [2.45, 2.75) is 0 Å². The van der Waals surface area contributed by atoms with Crippen molar-refractivity contribution in [1.82, 2.24) is 0 Å². The van der Waals surface area contributed by atoms with Crippen LogP contribution < -0.4 is 5.73 Å². The van der Waals surface area contributed by atoms with E-state index in [0.717, 1.165) is 16.3 Å². The highest BCUT2D eigenvalue weighted by atomic mass is 16.1. The highest BCUT2D eigenvalue weighted by Gasteiger charge is 2.06. The number of carbonyl (C=O) groups excluding carboxylic acids is 1. The third-order valence-electron chi connectivity index (χ3n) is 2.44. The minimum atomic E-state index is -0.401. The molecule has 0 saturated carbocycles. The molecule has 0 saturated heterocycles. The van der Waals surface area contributed by atoms with Gasteiger partial charge in [0.15, 0.2) is 0 Å². The molecule has 0 bridgehead atoms. The summed E-state index contributed by atoms with van der Waals surface area (Å²) in [6, 6.07) is 11.3. The Morgan fingerprint density at radius 1 is 1.13 bits per heavy atom. The van der Waals surface area contributed by atoms with Crippen LogP contribution in [0.25, 0.3) is 16.8 Å². The molecule has 2 nitrogen and oxygen atoms in total. The van der Waals surface area contributed by atoms with Crippen molar-refractivity contribution in [2.75, 3.05) is 0 Å². The van der Waals surface area contributed by atoms with Gasteiger partial charge in [-0.05, 0) is 22.4 Å². The van der Waals surface area contributed by atoms with Gasteiger partial charge in [-0.1, -0.05) is 43.0 Å². The largest absolute Gasteiger partial charge is 0.366 e. The van der Waals surface area contributed by atoms with Gasteiger partial charge in [-0.15, -0.1) is 0 Å². The van der Waals surface area contributed by atoms with Gasteiger partial charge in [0, 0.05) is 5.56 Å². The number of hydrogen-bond donors (Lipinski definition) is 1. The van der Waals surface area contributed by atoms with E-state index in [-0.39, 0.29) is 0 Å². The first-order valence-electron chi connectivity index (χ1n) is 4.68. The number of rotatable bonds is 2. The van der Waals surface area contributed by atoms with Gasteiger partial charge in [-0.2, -0.15) is 0 Å². The van der Waals surface area contributed by atoms with Gasteiger partial charge >= 0.3 is 0 Å². The lowest BCUT2D eigenvalue weighted by molar-refractivity contribution is 0.100. The van der Waals surface area contributed by atoms with Crippen LogP contribution in [0, 0.1) is 0 Å².